The second-order valence-corrected chi connectivity index (χ2v) is 7.71. The van der Waals surface area contributed by atoms with Gasteiger partial charge in [0, 0.05) is 0 Å². The zero-order valence-corrected chi connectivity index (χ0v) is 17.4. The molecule has 4 atom stereocenters. The molecule has 0 bridgehead atoms. The van der Waals surface area contributed by atoms with Crippen LogP contribution in [0.25, 0.3) is 0 Å². The van der Waals surface area contributed by atoms with E-state index in [4.69, 9.17) is 10.8 Å². The summed E-state index contributed by atoms with van der Waals surface area (Å²) >= 11 is 0. The fourth-order valence-electron chi connectivity index (χ4n) is 2.43. The zero-order chi connectivity index (χ0) is 22.9. The van der Waals surface area contributed by atoms with E-state index in [0.29, 0.717) is 0 Å². The third kappa shape index (κ3) is 9.88. The second kappa shape index (κ2) is 12.0. The zero-order valence-electron chi connectivity index (χ0n) is 17.4. The van der Waals surface area contributed by atoms with E-state index in [1.165, 1.54) is 6.92 Å². The highest BCUT2D eigenvalue weighted by Crippen LogP contribution is 2.09. The number of amides is 3. The smallest absolute Gasteiger partial charge is 0.326 e. The van der Waals surface area contributed by atoms with Crippen LogP contribution in [0.3, 0.4) is 0 Å². The molecule has 0 aromatic rings. The quantitative estimate of drug-likeness (QED) is 0.235. The van der Waals surface area contributed by atoms with Gasteiger partial charge in [-0.3, -0.25) is 19.2 Å². The van der Waals surface area contributed by atoms with Gasteiger partial charge in [-0.15, -0.1) is 0 Å². The lowest BCUT2D eigenvalue weighted by Crippen LogP contribution is -2.58. The summed E-state index contributed by atoms with van der Waals surface area (Å²) in [6.07, 6.45) is -0.521. The summed E-state index contributed by atoms with van der Waals surface area (Å²) in [6.45, 7) is 8.23. The lowest BCUT2D eigenvalue weighted by Gasteiger charge is -2.26. The first-order chi connectivity index (χ1) is 13.3. The van der Waals surface area contributed by atoms with Crippen LogP contribution in [-0.4, -0.2) is 64.0 Å². The van der Waals surface area contributed by atoms with Crippen LogP contribution in [0.4, 0.5) is 0 Å². The summed E-state index contributed by atoms with van der Waals surface area (Å²) in [5.74, 6) is -5.27. The highest BCUT2D eigenvalue weighted by atomic mass is 16.4. The number of carboxylic acid groups (broad SMARTS) is 2. The maximum atomic E-state index is 12.6. The van der Waals surface area contributed by atoms with E-state index >= 15 is 0 Å². The van der Waals surface area contributed by atoms with Gasteiger partial charge in [0.05, 0.1) is 12.5 Å². The van der Waals surface area contributed by atoms with Crippen LogP contribution in [0.5, 0.6) is 0 Å². The van der Waals surface area contributed by atoms with Gasteiger partial charge in [-0.05, 0) is 25.2 Å². The first kappa shape index (κ1) is 26.3. The highest BCUT2D eigenvalue weighted by molar-refractivity contribution is 5.95. The Morgan fingerprint density at radius 2 is 1.28 bits per heavy atom. The molecule has 0 fully saturated rings. The fraction of sp³-hybridized carbons (Fsp3) is 0.722. The van der Waals surface area contributed by atoms with Gasteiger partial charge in [-0.1, -0.05) is 27.7 Å². The Hall–Kier alpha value is -2.69. The molecular formula is C18H32N4O7. The van der Waals surface area contributed by atoms with E-state index in [0.717, 1.165) is 0 Å². The molecule has 0 aliphatic rings. The number of nitrogens with two attached hydrogens (primary N) is 1. The van der Waals surface area contributed by atoms with Crippen molar-refractivity contribution in [1.82, 2.24) is 16.0 Å². The van der Waals surface area contributed by atoms with Crippen LogP contribution >= 0.6 is 0 Å². The van der Waals surface area contributed by atoms with Crippen molar-refractivity contribution in [2.24, 2.45) is 17.6 Å². The van der Waals surface area contributed by atoms with Crippen LogP contribution in [0.2, 0.25) is 0 Å². The van der Waals surface area contributed by atoms with E-state index < -0.39 is 66.2 Å². The molecule has 0 saturated carbocycles. The number of carboxylic acids is 2. The van der Waals surface area contributed by atoms with Crippen molar-refractivity contribution < 1.29 is 34.2 Å². The molecule has 0 aliphatic heterocycles. The molecule has 0 aromatic carbocycles. The standard InChI is InChI=1S/C18H32N4O7/c1-8(2)6-11(17(27)22-14(9(3)4)18(28)29)21-16(26)12(7-13(23)24)20-15(25)10(5)19/h8-12,14H,6-7,19H2,1-5H3,(H,20,25)(H,21,26)(H,22,27)(H,23,24)(H,28,29). The first-order valence-electron chi connectivity index (χ1n) is 9.37. The van der Waals surface area contributed by atoms with E-state index in [9.17, 15) is 29.1 Å². The average molecular weight is 416 g/mol. The van der Waals surface area contributed by atoms with Crippen molar-refractivity contribution >= 4 is 29.7 Å². The molecular weight excluding hydrogens is 384 g/mol. The Bertz CT molecular complexity index is 619. The molecule has 3 amide bonds. The van der Waals surface area contributed by atoms with Gasteiger partial charge in [0.15, 0.2) is 0 Å². The monoisotopic (exact) mass is 416 g/mol. The average Bonchev–Trinajstić information content (AvgIpc) is 2.56. The molecule has 0 heterocycles. The van der Waals surface area contributed by atoms with Crippen LogP contribution in [0.15, 0.2) is 0 Å². The lowest BCUT2D eigenvalue weighted by molar-refractivity contribution is -0.144. The molecule has 0 radical (unpaired) electrons. The number of carbonyl (C=O) groups excluding carboxylic acids is 3. The van der Waals surface area contributed by atoms with Gasteiger partial charge in [0.25, 0.3) is 0 Å². The number of aliphatic carboxylic acids is 2. The second-order valence-electron chi connectivity index (χ2n) is 7.71. The Morgan fingerprint density at radius 1 is 0.793 bits per heavy atom. The molecule has 166 valence electrons. The Morgan fingerprint density at radius 3 is 1.66 bits per heavy atom. The van der Waals surface area contributed by atoms with Crippen molar-refractivity contribution in [3.8, 4) is 0 Å². The molecule has 7 N–H and O–H groups in total. The molecule has 4 unspecified atom stereocenters. The third-order valence-corrected chi connectivity index (χ3v) is 4.00. The Kier molecular flexibility index (Phi) is 10.9. The van der Waals surface area contributed by atoms with Crippen LogP contribution in [-0.2, 0) is 24.0 Å². The number of rotatable bonds is 12. The van der Waals surface area contributed by atoms with Gasteiger partial charge in [-0.2, -0.15) is 0 Å². The minimum atomic E-state index is -1.44. The lowest BCUT2D eigenvalue weighted by atomic mass is 10.00. The normalized spacial score (nSPS) is 15.2. The van der Waals surface area contributed by atoms with E-state index in [1.807, 2.05) is 0 Å². The number of nitrogens with one attached hydrogen (secondary N) is 3. The maximum Gasteiger partial charge on any atom is 0.326 e. The van der Waals surface area contributed by atoms with Crippen molar-refractivity contribution in [1.29, 1.82) is 0 Å². The SMILES string of the molecule is CC(C)CC(NC(=O)C(CC(=O)O)NC(=O)C(C)N)C(=O)NC(C(=O)O)C(C)C. The predicted molar refractivity (Wildman–Crippen MR) is 104 cm³/mol. The fourth-order valence-corrected chi connectivity index (χ4v) is 2.43. The molecule has 11 heteroatoms. The minimum Gasteiger partial charge on any atom is -0.481 e. The summed E-state index contributed by atoms with van der Waals surface area (Å²) in [6, 6.07) is -4.65. The molecule has 0 rings (SSSR count). The number of hydrogen-bond donors (Lipinski definition) is 6. The van der Waals surface area contributed by atoms with Crippen LogP contribution in [0.1, 0.15) is 47.5 Å². The van der Waals surface area contributed by atoms with Gasteiger partial charge >= 0.3 is 11.9 Å². The van der Waals surface area contributed by atoms with Crippen molar-refractivity contribution in [2.45, 2.75) is 71.6 Å². The number of carbonyl (C=O) groups is 5. The van der Waals surface area contributed by atoms with Crippen molar-refractivity contribution in [3.05, 3.63) is 0 Å². The summed E-state index contributed by atoms with van der Waals surface area (Å²) < 4.78 is 0. The summed E-state index contributed by atoms with van der Waals surface area (Å²) in [5, 5.41) is 25.3. The number of hydrogen-bond acceptors (Lipinski definition) is 6. The summed E-state index contributed by atoms with van der Waals surface area (Å²) in [7, 11) is 0. The largest absolute Gasteiger partial charge is 0.481 e. The van der Waals surface area contributed by atoms with Crippen LogP contribution < -0.4 is 21.7 Å². The topological polar surface area (TPSA) is 188 Å². The van der Waals surface area contributed by atoms with Crippen molar-refractivity contribution in [2.75, 3.05) is 0 Å². The highest BCUT2D eigenvalue weighted by Gasteiger charge is 2.32. The third-order valence-electron chi connectivity index (χ3n) is 4.00. The van der Waals surface area contributed by atoms with Gasteiger partial charge in [-0.25, -0.2) is 4.79 Å². The molecule has 0 aromatic heterocycles. The Labute approximate surface area is 169 Å². The maximum absolute atomic E-state index is 12.6. The predicted octanol–water partition coefficient (Wildman–Crippen LogP) is -0.951. The molecule has 11 nitrogen and oxygen atoms in total. The van der Waals surface area contributed by atoms with Crippen molar-refractivity contribution in [3.63, 3.8) is 0 Å². The summed E-state index contributed by atoms with van der Waals surface area (Å²) in [4.78, 5) is 59.3. The Balaban J connectivity index is 5.45. The summed E-state index contributed by atoms with van der Waals surface area (Å²) in [5.41, 5.74) is 5.43. The van der Waals surface area contributed by atoms with E-state index in [1.54, 1.807) is 27.7 Å². The molecule has 29 heavy (non-hydrogen) atoms. The van der Waals surface area contributed by atoms with Gasteiger partial charge in [0.1, 0.15) is 18.1 Å². The van der Waals surface area contributed by atoms with Gasteiger partial charge in [0.2, 0.25) is 17.7 Å². The minimum absolute atomic E-state index is 0.0371. The molecule has 0 spiro atoms. The van der Waals surface area contributed by atoms with E-state index in [-0.39, 0.29) is 12.3 Å². The van der Waals surface area contributed by atoms with E-state index in [2.05, 4.69) is 16.0 Å². The first-order valence-corrected chi connectivity index (χ1v) is 9.37. The van der Waals surface area contributed by atoms with Crippen LogP contribution in [0, 0.1) is 11.8 Å². The molecule has 0 saturated heterocycles. The molecule has 0 aliphatic carbocycles. The van der Waals surface area contributed by atoms with Gasteiger partial charge < -0.3 is 31.9 Å².